The monoisotopic (exact) mass is 270 g/mol. The molecule has 0 saturated heterocycles. The number of hydrogen-bond donors (Lipinski definition) is 1. The van der Waals surface area contributed by atoms with Crippen LogP contribution >= 0.6 is 0 Å². The molecule has 0 spiro atoms. The lowest BCUT2D eigenvalue weighted by atomic mass is 10.1. The highest BCUT2D eigenvalue weighted by Gasteiger charge is 2.08. The van der Waals surface area contributed by atoms with Crippen molar-refractivity contribution in [1.29, 1.82) is 5.26 Å². The van der Waals surface area contributed by atoms with Crippen molar-refractivity contribution in [3.05, 3.63) is 46.2 Å². The lowest BCUT2D eigenvalue weighted by Crippen LogP contribution is -2.10. The molecule has 5 heteroatoms. The highest BCUT2D eigenvalue weighted by molar-refractivity contribution is 5.64. The summed E-state index contributed by atoms with van der Waals surface area (Å²) in [4.78, 5) is 14.3. The number of methoxy groups -OCH3 is 1. The van der Waals surface area contributed by atoms with Gasteiger partial charge in [0, 0.05) is 11.3 Å². The first-order valence-corrected chi connectivity index (χ1v) is 6.14. The molecule has 2 rings (SSSR count). The fraction of sp³-hybridized carbons (Fsp3) is 0.200. The van der Waals surface area contributed by atoms with Crippen LogP contribution in [-0.4, -0.2) is 18.7 Å². The van der Waals surface area contributed by atoms with Crippen molar-refractivity contribution in [1.82, 2.24) is 4.98 Å². The van der Waals surface area contributed by atoms with Crippen LogP contribution in [0.1, 0.15) is 12.5 Å². The summed E-state index contributed by atoms with van der Waals surface area (Å²) in [5.41, 5.74) is 1.10. The second kappa shape index (κ2) is 5.93. The first kappa shape index (κ1) is 13.7. The number of hydrogen-bond acceptors (Lipinski definition) is 4. The minimum absolute atomic E-state index is 0.0901. The van der Waals surface area contributed by atoms with Gasteiger partial charge in [0.15, 0.2) is 11.5 Å². The molecule has 0 amide bonds. The number of H-pyrrole nitrogens is 1. The minimum Gasteiger partial charge on any atom is -0.493 e. The van der Waals surface area contributed by atoms with Crippen LogP contribution in [0.4, 0.5) is 0 Å². The SMILES string of the molecule is CCOc1cc(-c2ccc(C#N)c(=O)[nH]2)ccc1OC. The molecule has 0 aliphatic rings. The van der Waals surface area contributed by atoms with Crippen LogP contribution < -0.4 is 15.0 Å². The Balaban J connectivity index is 2.48. The van der Waals surface area contributed by atoms with Gasteiger partial charge in [-0.05, 0) is 37.3 Å². The highest BCUT2D eigenvalue weighted by Crippen LogP contribution is 2.31. The van der Waals surface area contributed by atoms with Gasteiger partial charge in [0.1, 0.15) is 11.6 Å². The second-order valence-corrected chi connectivity index (χ2v) is 4.03. The van der Waals surface area contributed by atoms with Crippen molar-refractivity contribution in [2.24, 2.45) is 0 Å². The molecule has 0 unspecified atom stereocenters. The molecule has 1 N–H and O–H groups in total. The zero-order chi connectivity index (χ0) is 14.5. The fourth-order valence-corrected chi connectivity index (χ4v) is 1.84. The van der Waals surface area contributed by atoms with E-state index >= 15 is 0 Å². The Morgan fingerprint density at radius 1 is 1.25 bits per heavy atom. The molecular formula is C15H14N2O3. The van der Waals surface area contributed by atoms with E-state index < -0.39 is 5.56 Å². The summed E-state index contributed by atoms with van der Waals surface area (Å²) in [6.45, 7) is 2.40. The largest absolute Gasteiger partial charge is 0.493 e. The van der Waals surface area contributed by atoms with Gasteiger partial charge in [0.2, 0.25) is 0 Å². The second-order valence-electron chi connectivity index (χ2n) is 4.03. The molecule has 0 fully saturated rings. The van der Waals surface area contributed by atoms with Crippen LogP contribution in [0.3, 0.4) is 0 Å². The number of benzene rings is 1. The molecule has 1 heterocycles. The number of ether oxygens (including phenoxy) is 2. The number of aromatic amines is 1. The summed E-state index contributed by atoms with van der Waals surface area (Å²) in [6, 6.07) is 10.4. The Hall–Kier alpha value is -2.74. The maximum Gasteiger partial charge on any atom is 0.266 e. The molecule has 20 heavy (non-hydrogen) atoms. The molecule has 5 nitrogen and oxygen atoms in total. The maximum atomic E-state index is 11.6. The van der Waals surface area contributed by atoms with Gasteiger partial charge in [-0.15, -0.1) is 0 Å². The van der Waals surface area contributed by atoms with E-state index in [-0.39, 0.29) is 5.56 Å². The van der Waals surface area contributed by atoms with Crippen LogP contribution in [0.2, 0.25) is 0 Å². The van der Waals surface area contributed by atoms with Gasteiger partial charge >= 0.3 is 0 Å². The van der Waals surface area contributed by atoms with E-state index in [0.717, 1.165) is 5.56 Å². The Morgan fingerprint density at radius 2 is 2.05 bits per heavy atom. The van der Waals surface area contributed by atoms with E-state index in [0.29, 0.717) is 23.8 Å². The van der Waals surface area contributed by atoms with E-state index in [1.54, 1.807) is 25.3 Å². The first-order valence-electron chi connectivity index (χ1n) is 6.14. The lowest BCUT2D eigenvalue weighted by Gasteiger charge is -2.11. The van der Waals surface area contributed by atoms with E-state index in [9.17, 15) is 4.79 Å². The van der Waals surface area contributed by atoms with E-state index in [2.05, 4.69) is 4.98 Å². The Bertz CT molecular complexity index is 714. The molecule has 2 aromatic rings. The summed E-state index contributed by atoms with van der Waals surface area (Å²) in [5.74, 6) is 1.24. The molecule has 102 valence electrons. The smallest absolute Gasteiger partial charge is 0.266 e. The van der Waals surface area contributed by atoms with Crippen LogP contribution in [0.25, 0.3) is 11.3 Å². The third-order valence-electron chi connectivity index (χ3n) is 2.80. The molecule has 0 bridgehead atoms. The fourth-order valence-electron chi connectivity index (χ4n) is 1.84. The Kier molecular flexibility index (Phi) is 4.06. The zero-order valence-corrected chi connectivity index (χ0v) is 11.3. The molecule has 1 aromatic carbocycles. The van der Waals surface area contributed by atoms with Crippen molar-refractivity contribution in [2.75, 3.05) is 13.7 Å². The van der Waals surface area contributed by atoms with Gasteiger partial charge in [-0.1, -0.05) is 0 Å². The minimum atomic E-state index is -0.404. The van der Waals surface area contributed by atoms with Crippen molar-refractivity contribution in [3.63, 3.8) is 0 Å². The van der Waals surface area contributed by atoms with Crippen molar-refractivity contribution < 1.29 is 9.47 Å². The first-order chi connectivity index (χ1) is 9.69. The highest BCUT2D eigenvalue weighted by atomic mass is 16.5. The van der Waals surface area contributed by atoms with Crippen LogP contribution in [0, 0.1) is 11.3 Å². The van der Waals surface area contributed by atoms with E-state index in [1.165, 1.54) is 6.07 Å². The molecule has 0 saturated carbocycles. The maximum absolute atomic E-state index is 11.6. The molecular weight excluding hydrogens is 256 g/mol. The van der Waals surface area contributed by atoms with Gasteiger partial charge in [0.25, 0.3) is 5.56 Å². The van der Waals surface area contributed by atoms with Gasteiger partial charge < -0.3 is 14.5 Å². The Labute approximate surface area is 116 Å². The normalized spacial score (nSPS) is 9.85. The summed E-state index contributed by atoms with van der Waals surface area (Å²) in [7, 11) is 1.57. The van der Waals surface area contributed by atoms with Crippen molar-refractivity contribution in [3.8, 4) is 28.8 Å². The van der Waals surface area contributed by atoms with Crippen LogP contribution in [0.15, 0.2) is 35.1 Å². The summed E-state index contributed by atoms with van der Waals surface area (Å²) >= 11 is 0. The average molecular weight is 270 g/mol. The van der Waals surface area contributed by atoms with E-state index in [4.69, 9.17) is 14.7 Å². The third kappa shape index (κ3) is 2.64. The van der Waals surface area contributed by atoms with Gasteiger partial charge in [-0.25, -0.2) is 0 Å². The van der Waals surface area contributed by atoms with Gasteiger partial charge in [0.05, 0.1) is 13.7 Å². The van der Waals surface area contributed by atoms with Gasteiger partial charge in [-0.3, -0.25) is 4.79 Å². The number of pyridine rings is 1. The summed E-state index contributed by atoms with van der Waals surface area (Å²) in [5, 5.41) is 8.76. The number of nitrogens with zero attached hydrogens (tertiary/aromatic N) is 1. The average Bonchev–Trinajstić information content (AvgIpc) is 2.47. The summed E-state index contributed by atoms with van der Waals surface area (Å²) in [6.07, 6.45) is 0. The Morgan fingerprint density at radius 3 is 2.65 bits per heavy atom. The molecule has 1 aromatic heterocycles. The predicted molar refractivity (Wildman–Crippen MR) is 74.9 cm³/mol. The standard InChI is InChI=1S/C15H14N2O3/c1-3-20-14-8-10(5-7-13(14)19-2)12-6-4-11(9-16)15(18)17-12/h4-8H,3H2,1-2H3,(H,17,18). The van der Waals surface area contributed by atoms with E-state index in [1.807, 2.05) is 19.1 Å². The van der Waals surface area contributed by atoms with Gasteiger partial charge in [-0.2, -0.15) is 5.26 Å². The lowest BCUT2D eigenvalue weighted by molar-refractivity contribution is 0.311. The number of aromatic nitrogens is 1. The number of nitrogens with one attached hydrogen (secondary N) is 1. The molecule has 0 radical (unpaired) electrons. The van der Waals surface area contributed by atoms with Crippen LogP contribution in [-0.2, 0) is 0 Å². The molecule has 0 atom stereocenters. The van der Waals surface area contributed by atoms with Crippen molar-refractivity contribution >= 4 is 0 Å². The van der Waals surface area contributed by atoms with Crippen LogP contribution in [0.5, 0.6) is 11.5 Å². The number of rotatable bonds is 4. The number of nitriles is 1. The topological polar surface area (TPSA) is 75.1 Å². The predicted octanol–water partition coefficient (Wildman–Crippen LogP) is 2.32. The quantitative estimate of drug-likeness (QED) is 0.925. The van der Waals surface area contributed by atoms with Crippen molar-refractivity contribution in [2.45, 2.75) is 6.92 Å². The molecule has 0 aliphatic carbocycles. The molecule has 0 aliphatic heterocycles. The summed E-state index contributed by atoms with van der Waals surface area (Å²) < 4.78 is 10.7. The third-order valence-corrected chi connectivity index (χ3v) is 2.80. The zero-order valence-electron chi connectivity index (χ0n) is 11.3.